The van der Waals surface area contributed by atoms with Gasteiger partial charge < -0.3 is 4.74 Å². The first kappa shape index (κ1) is 13.2. The number of hydrogen-bond donors (Lipinski definition) is 0. The van der Waals surface area contributed by atoms with Crippen LogP contribution in [0, 0.1) is 0 Å². The highest BCUT2D eigenvalue weighted by Gasteiger charge is 2.23. The molecule has 18 heavy (non-hydrogen) atoms. The Morgan fingerprint density at radius 1 is 1.50 bits per heavy atom. The third-order valence-corrected chi connectivity index (χ3v) is 3.43. The van der Waals surface area contributed by atoms with Gasteiger partial charge in [0.1, 0.15) is 5.75 Å². The predicted molar refractivity (Wildman–Crippen MR) is 74.5 cm³/mol. The van der Waals surface area contributed by atoms with Crippen molar-refractivity contribution in [3.8, 4) is 5.75 Å². The van der Waals surface area contributed by atoms with Gasteiger partial charge in [0.15, 0.2) is 11.8 Å². The number of rotatable bonds is 3. The molecule has 1 aromatic rings. The summed E-state index contributed by atoms with van der Waals surface area (Å²) in [5.74, 6) is 0.560. The Morgan fingerprint density at radius 3 is 2.89 bits per heavy atom. The van der Waals surface area contributed by atoms with Gasteiger partial charge in [0.2, 0.25) is 0 Å². The van der Waals surface area contributed by atoms with Crippen molar-refractivity contribution in [1.29, 1.82) is 0 Å². The molecule has 0 N–H and O–H groups in total. The van der Waals surface area contributed by atoms with Crippen molar-refractivity contribution in [1.82, 2.24) is 4.90 Å². The number of ether oxygens (including phenoxy) is 1. The molecule has 1 amide bonds. The maximum atomic E-state index is 11.9. The zero-order chi connectivity index (χ0) is 13.0. The number of carbonyl (C=O) groups excluding carboxylic acids is 1. The number of benzene rings is 1. The van der Waals surface area contributed by atoms with Crippen LogP contribution in [0.4, 0.5) is 0 Å². The molecule has 4 nitrogen and oxygen atoms in total. The van der Waals surface area contributed by atoms with Crippen LogP contribution in [-0.4, -0.2) is 41.9 Å². The monoisotopic (exact) mass is 284 g/mol. The van der Waals surface area contributed by atoms with Gasteiger partial charge in [-0.05, 0) is 30.5 Å². The van der Waals surface area contributed by atoms with Gasteiger partial charge in [0.05, 0.1) is 6.54 Å². The van der Waals surface area contributed by atoms with Gasteiger partial charge in [-0.1, -0.05) is 23.4 Å². The van der Waals surface area contributed by atoms with Gasteiger partial charge in [-0.25, -0.2) is 0 Å². The number of nitrogens with zero attached hydrogens (tertiary/aromatic N) is 2. The summed E-state index contributed by atoms with van der Waals surface area (Å²) in [7, 11) is 0. The zero-order valence-corrected chi connectivity index (χ0v) is 11.5. The number of carbonyl (C=O) groups is 1. The number of amidine groups is 1. The molecule has 0 aliphatic carbocycles. The van der Waals surface area contributed by atoms with Crippen molar-refractivity contribution in [2.24, 2.45) is 4.99 Å². The van der Waals surface area contributed by atoms with E-state index in [1.165, 1.54) is 11.8 Å². The Bertz CT molecular complexity index is 462. The molecule has 0 unspecified atom stereocenters. The molecule has 1 heterocycles. The molecule has 0 radical (unpaired) electrons. The van der Waals surface area contributed by atoms with Crippen molar-refractivity contribution in [3.05, 3.63) is 29.3 Å². The lowest BCUT2D eigenvalue weighted by molar-refractivity contribution is -0.128. The van der Waals surface area contributed by atoms with Crippen molar-refractivity contribution in [2.75, 3.05) is 26.0 Å². The van der Waals surface area contributed by atoms with Gasteiger partial charge in [0.25, 0.3) is 5.91 Å². The minimum Gasteiger partial charge on any atom is -0.484 e. The highest BCUT2D eigenvalue weighted by molar-refractivity contribution is 8.13. The number of amides is 1. The third kappa shape index (κ3) is 3.17. The van der Waals surface area contributed by atoms with E-state index in [4.69, 9.17) is 16.3 Å². The van der Waals surface area contributed by atoms with E-state index in [0.29, 0.717) is 23.9 Å². The molecule has 1 aliphatic heterocycles. The van der Waals surface area contributed by atoms with Gasteiger partial charge in [0, 0.05) is 11.6 Å². The average Bonchev–Trinajstić information content (AvgIpc) is 2.86. The topological polar surface area (TPSA) is 41.9 Å². The Morgan fingerprint density at radius 2 is 2.22 bits per heavy atom. The van der Waals surface area contributed by atoms with E-state index in [2.05, 4.69) is 4.99 Å². The van der Waals surface area contributed by atoms with Gasteiger partial charge >= 0.3 is 0 Å². The summed E-state index contributed by atoms with van der Waals surface area (Å²) in [6, 6.07) is 6.93. The lowest BCUT2D eigenvalue weighted by atomic mass is 10.3. The summed E-state index contributed by atoms with van der Waals surface area (Å²) >= 11 is 7.24. The Kier molecular flexibility index (Phi) is 4.49. The quantitative estimate of drug-likeness (QED) is 0.855. The van der Waals surface area contributed by atoms with Crippen molar-refractivity contribution >= 4 is 34.4 Å². The Hall–Kier alpha value is -1.20. The van der Waals surface area contributed by atoms with Crippen molar-refractivity contribution in [3.63, 3.8) is 0 Å². The van der Waals surface area contributed by atoms with Gasteiger partial charge in [-0.3, -0.25) is 14.7 Å². The lowest BCUT2D eigenvalue weighted by Crippen LogP contribution is -2.36. The predicted octanol–water partition coefficient (Wildman–Crippen LogP) is 2.28. The number of thioether (sulfide) groups is 1. The van der Waals surface area contributed by atoms with Crippen LogP contribution >= 0.6 is 23.4 Å². The number of aliphatic imine (C=N–C) groups is 1. The van der Waals surface area contributed by atoms with Crippen LogP contribution in [0.3, 0.4) is 0 Å². The normalized spacial score (nSPS) is 14.6. The van der Waals surface area contributed by atoms with Crippen molar-refractivity contribution in [2.45, 2.75) is 0 Å². The third-order valence-electron chi connectivity index (χ3n) is 2.46. The number of hydrogen-bond acceptors (Lipinski definition) is 4. The van der Waals surface area contributed by atoms with E-state index >= 15 is 0 Å². The molecular formula is C12H13ClN2O2S. The smallest absolute Gasteiger partial charge is 0.266 e. The fourth-order valence-corrected chi connectivity index (χ4v) is 2.35. The van der Waals surface area contributed by atoms with Crippen LogP contribution in [0.1, 0.15) is 0 Å². The van der Waals surface area contributed by atoms with E-state index in [1.54, 1.807) is 29.2 Å². The fourth-order valence-electron chi connectivity index (χ4n) is 1.59. The highest BCUT2D eigenvalue weighted by Crippen LogP contribution is 2.16. The van der Waals surface area contributed by atoms with E-state index in [-0.39, 0.29) is 12.5 Å². The molecule has 0 spiro atoms. The second-order valence-corrected chi connectivity index (χ2v) is 4.87. The molecule has 0 atom stereocenters. The summed E-state index contributed by atoms with van der Waals surface area (Å²) < 4.78 is 5.41. The second-order valence-electron chi connectivity index (χ2n) is 3.66. The van der Waals surface area contributed by atoms with Crippen molar-refractivity contribution < 1.29 is 9.53 Å². The summed E-state index contributed by atoms with van der Waals surface area (Å²) in [5, 5.41) is 1.41. The van der Waals surface area contributed by atoms with E-state index < -0.39 is 0 Å². The Labute approximate surface area is 115 Å². The van der Waals surface area contributed by atoms with Crippen LogP contribution in [0.15, 0.2) is 29.3 Å². The summed E-state index contributed by atoms with van der Waals surface area (Å²) in [5.41, 5.74) is 0. The van der Waals surface area contributed by atoms with Crippen LogP contribution in [-0.2, 0) is 4.79 Å². The largest absolute Gasteiger partial charge is 0.484 e. The SMILES string of the molecule is CSC1=NCCN1C(=O)COc1ccc(Cl)cc1. The molecule has 96 valence electrons. The van der Waals surface area contributed by atoms with Crippen LogP contribution in [0.25, 0.3) is 0 Å². The summed E-state index contributed by atoms with van der Waals surface area (Å²) in [6.07, 6.45) is 1.91. The van der Waals surface area contributed by atoms with Crippen LogP contribution in [0.2, 0.25) is 5.02 Å². The average molecular weight is 285 g/mol. The molecule has 6 heteroatoms. The zero-order valence-electron chi connectivity index (χ0n) is 9.93. The summed E-state index contributed by atoms with van der Waals surface area (Å²) in [6.45, 7) is 1.32. The highest BCUT2D eigenvalue weighted by atomic mass is 35.5. The maximum absolute atomic E-state index is 11.9. The molecule has 0 saturated carbocycles. The first-order valence-electron chi connectivity index (χ1n) is 5.48. The number of halogens is 1. The first-order chi connectivity index (χ1) is 8.70. The molecular weight excluding hydrogens is 272 g/mol. The van der Waals surface area contributed by atoms with E-state index in [9.17, 15) is 4.79 Å². The minimum atomic E-state index is -0.0736. The molecule has 0 bridgehead atoms. The summed E-state index contributed by atoms with van der Waals surface area (Å²) in [4.78, 5) is 17.8. The molecule has 2 rings (SSSR count). The molecule has 0 fully saturated rings. The Balaban J connectivity index is 1.89. The lowest BCUT2D eigenvalue weighted by Gasteiger charge is -2.16. The van der Waals surface area contributed by atoms with Gasteiger partial charge in [-0.15, -0.1) is 0 Å². The molecule has 1 aliphatic rings. The fraction of sp³-hybridized carbons (Fsp3) is 0.333. The molecule has 0 saturated heterocycles. The first-order valence-corrected chi connectivity index (χ1v) is 7.08. The van der Waals surface area contributed by atoms with Gasteiger partial charge in [-0.2, -0.15) is 0 Å². The van der Waals surface area contributed by atoms with E-state index in [1.807, 2.05) is 6.26 Å². The standard InChI is InChI=1S/C12H13ClN2O2S/c1-18-12-14-6-7-15(12)11(16)8-17-10-4-2-9(13)3-5-10/h2-5H,6-8H2,1H3. The second kappa shape index (κ2) is 6.11. The minimum absolute atomic E-state index is 0.0151. The molecule has 1 aromatic carbocycles. The molecule has 0 aromatic heterocycles. The van der Waals surface area contributed by atoms with Crippen LogP contribution < -0.4 is 4.74 Å². The van der Waals surface area contributed by atoms with Crippen LogP contribution in [0.5, 0.6) is 5.75 Å². The van der Waals surface area contributed by atoms with E-state index in [0.717, 1.165) is 5.17 Å². The maximum Gasteiger partial charge on any atom is 0.266 e.